The van der Waals surface area contributed by atoms with Gasteiger partial charge in [0.15, 0.2) is 0 Å². The van der Waals surface area contributed by atoms with Crippen molar-refractivity contribution in [2.24, 2.45) is 0 Å². The van der Waals surface area contributed by atoms with Crippen molar-refractivity contribution in [2.45, 2.75) is 6.32 Å². The zero-order valence-electron chi connectivity index (χ0n) is 4.02. The standard InChI is InChI=1S/C3H7BO2/c1-6-3(5)2-4/h2,4H2,1H3. The zero-order valence-corrected chi connectivity index (χ0v) is 4.02. The number of ether oxygens (including phenoxy) is 1. The lowest BCUT2D eigenvalue weighted by molar-refractivity contribution is -0.137. The first-order valence-corrected chi connectivity index (χ1v) is 1.88. The van der Waals surface area contributed by atoms with Gasteiger partial charge in [-0.3, -0.25) is 4.79 Å². The molecule has 6 heavy (non-hydrogen) atoms. The summed E-state index contributed by atoms with van der Waals surface area (Å²) in [5.74, 6) is -0.157. The Balaban J connectivity index is 2.99. The molecule has 34 valence electrons. The maximum Gasteiger partial charge on any atom is 0.297 e. The van der Waals surface area contributed by atoms with Gasteiger partial charge in [-0.1, -0.05) is 0 Å². The second-order valence-electron chi connectivity index (χ2n) is 0.930. The van der Waals surface area contributed by atoms with Gasteiger partial charge in [0.05, 0.1) is 7.11 Å². The van der Waals surface area contributed by atoms with Crippen molar-refractivity contribution >= 4 is 13.8 Å². The fourth-order valence-corrected chi connectivity index (χ4v) is 0.144. The lowest BCUT2D eigenvalue weighted by Gasteiger charge is -1.87. The molecule has 0 saturated carbocycles. The Hall–Kier alpha value is -0.465. The van der Waals surface area contributed by atoms with E-state index in [9.17, 15) is 4.79 Å². The van der Waals surface area contributed by atoms with Crippen molar-refractivity contribution in [1.29, 1.82) is 0 Å². The summed E-state index contributed by atoms with van der Waals surface area (Å²) in [5.41, 5.74) is 0. The lowest BCUT2D eigenvalue weighted by atomic mass is 10.1. The van der Waals surface area contributed by atoms with E-state index < -0.39 is 0 Å². The molecule has 2 nitrogen and oxygen atoms in total. The first-order chi connectivity index (χ1) is 2.81. The van der Waals surface area contributed by atoms with Crippen LogP contribution in [0.2, 0.25) is 6.32 Å². The van der Waals surface area contributed by atoms with Crippen molar-refractivity contribution in [2.75, 3.05) is 7.11 Å². The second-order valence-corrected chi connectivity index (χ2v) is 0.930. The fraction of sp³-hybridized carbons (Fsp3) is 0.667. The molecular weight excluding hydrogens is 78.8 g/mol. The highest BCUT2D eigenvalue weighted by Gasteiger charge is 1.87. The Kier molecular flexibility index (Phi) is 2.54. The molecule has 0 aromatic rings. The van der Waals surface area contributed by atoms with Crippen LogP contribution in [-0.4, -0.2) is 20.9 Å². The molecule has 0 aliphatic rings. The van der Waals surface area contributed by atoms with E-state index in [2.05, 4.69) is 4.74 Å². The monoisotopic (exact) mass is 86.1 g/mol. The first-order valence-electron chi connectivity index (χ1n) is 1.88. The van der Waals surface area contributed by atoms with Crippen LogP contribution in [0.5, 0.6) is 0 Å². The highest BCUT2D eigenvalue weighted by molar-refractivity contribution is 6.18. The number of carbonyl (C=O) groups excluding carboxylic acids is 1. The minimum absolute atomic E-state index is 0.157. The van der Waals surface area contributed by atoms with Gasteiger partial charge in [0.2, 0.25) is 0 Å². The quantitative estimate of drug-likeness (QED) is 0.308. The minimum atomic E-state index is -0.157. The van der Waals surface area contributed by atoms with Crippen LogP contribution in [0.15, 0.2) is 0 Å². The third kappa shape index (κ3) is 1.82. The topological polar surface area (TPSA) is 26.3 Å². The number of rotatable bonds is 1. The van der Waals surface area contributed by atoms with Crippen molar-refractivity contribution in [3.05, 3.63) is 0 Å². The van der Waals surface area contributed by atoms with Gasteiger partial charge in [-0.05, 0) is 0 Å². The van der Waals surface area contributed by atoms with Crippen LogP contribution in [0.1, 0.15) is 0 Å². The molecule has 0 rings (SSSR count). The van der Waals surface area contributed by atoms with Gasteiger partial charge in [0.25, 0.3) is 5.97 Å². The van der Waals surface area contributed by atoms with Gasteiger partial charge in [-0.2, -0.15) is 0 Å². The average Bonchev–Trinajstić information content (AvgIpc) is 1.65. The van der Waals surface area contributed by atoms with Crippen LogP contribution in [-0.2, 0) is 9.53 Å². The van der Waals surface area contributed by atoms with E-state index in [1.807, 2.05) is 0 Å². The third-order valence-corrected chi connectivity index (χ3v) is 0.516. The van der Waals surface area contributed by atoms with E-state index in [-0.39, 0.29) is 5.97 Å². The van der Waals surface area contributed by atoms with E-state index in [1.165, 1.54) is 7.11 Å². The molecule has 0 aliphatic carbocycles. The molecular formula is C3H7BO2. The normalized spacial score (nSPS) is 7.50. The van der Waals surface area contributed by atoms with Crippen molar-refractivity contribution in [1.82, 2.24) is 0 Å². The number of hydrogen-bond acceptors (Lipinski definition) is 2. The molecule has 0 aromatic heterocycles. The molecule has 0 fully saturated rings. The van der Waals surface area contributed by atoms with Gasteiger partial charge in [-0.25, -0.2) is 0 Å². The zero-order chi connectivity index (χ0) is 4.99. The molecule has 0 radical (unpaired) electrons. The molecule has 0 heterocycles. The van der Waals surface area contributed by atoms with E-state index >= 15 is 0 Å². The van der Waals surface area contributed by atoms with Gasteiger partial charge in [0.1, 0.15) is 7.85 Å². The van der Waals surface area contributed by atoms with Crippen LogP contribution in [0.25, 0.3) is 0 Å². The van der Waals surface area contributed by atoms with E-state index in [0.717, 1.165) is 0 Å². The average molecular weight is 85.9 g/mol. The Morgan fingerprint density at radius 2 is 2.50 bits per heavy atom. The number of methoxy groups -OCH3 is 1. The van der Waals surface area contributed by atoms with E-state index in [0.29, 0.717) is 6.32 Å². The number of esters is 1. The first kappa shape index (κ1) is 5.53. The Labute approximate surface area is 37.9 Å². The SMILES string of the molecule is BCC(=O)OC. The summed E-state index contributed by atoms with van der Waals surface area (Å²) in [6.07, 6.45) is 0.469. The molecule has 0 N–H and O–H groups in total. The highest BCUT2D eigenvalue weighted by atomic mass is 16.5. The summed E-state index contributed by atoms with van der Waals surface area (Å²) in [6.45, 7) is 0. The molecule has 0 unspecified atom stereocenters. The van der Waals surface area contributed by atoms with Crippen LogP contribution >= 0.6 is 0 Å². The summed E-state index contributed by atoms with van der Waals surface area (Å²) in [6, 6.07) is 0. The van der Waals surface area contributed by atoms with Gasteiger partial charge >= 0.3 is 0 Å². The molecule has 0 aliphatic heterocycles. The van der Waals surface area contributed by atoms with Gasteiger partial charge in [0, 0.05) is 6.32 Å². The second kappa shape index (κ2) is 2.76. The smallest absolute Gasteiger partial charge is 0.297 e. The summed E-state index contributed by atoms with van der Waals surface area (Å²) < 4.78 is 4.26. The van der Waals surface area contributed by atoms with Crippen molar-refractivity contribution < 1.29 is 9.53 Å². The molecule has 0 saturated heterocycles. The van der Waals surface area contributed by atoms with Gasteiger partial charge < -0.3 is 4.74 Å². The van der Waals surface area contributed by atoms with Crippen LogP contribution in [0.3, 0.4) is 0 Å². The summed E-state index contributed by atoms with van der Waals surface area (Å²) in [4.78, 5) is 9.96. The third-order valence-electron chi connectivity index (χ3n) is 0.516. The summed E-state index contributed by atoms with van der Waals surface area (Å²) >= 11 is 0. The highest BCUT2D eigenvalue weighted by Crippen LogP contribution is 1.73. The maximum atomic E-state index is 9.96. The van der Waals surface area contributed by atoms with Gasteiger partial charge in [-0.15, -0.1) is 0 Å². The molecule has 0 amide bonds. The Bertz CT molecular complexity index is 46.8. The van der Waals surface area contributed by atoms with Crippen LogP contribution in [0.4, 0.5) is 0 Å². The Morgan fingerprint density at radius 1 is 2.00 bits per heavy atom. The molecule has 3 heteroatoms. The predicted octanol–water partition coefficient (Wildman–Crippen LogP) is -0.789. The van der Waals surface area contributed by atoms with Crippen LogP contribution < -0.4 is 0 Å². The number of carbonyl (C=O) groups is 1. The lowest BCUT2D eigenvalue weighted by Crippen LogP contribution is -1.96. The number of hydrogen-bond donors (Lipinski definition) is 0. The minimum Gasteiger partial charge on any atom is -0.470 e. The Morgan fingerprint density at radius 3 is 2.50 bits per heavy atom. The van der Waals surface area contributed by atoms with E-state index in [4.69, 9.17) is 0 Å². The largest absolute Gasteiger partial charge is 0.470 e. The predicted molar refractivity (Wildman–Crippen MR) is 25.4 cm³/mol. The summed E-state index contributed by atoms with van der Waals surface area (Å²) in [5, 5.41) is 0. The fourth-order valence-electron chi connectivity index (χ4n) is 0.144. The molecule has 0 bridgehead atoms. The van der Waals surface area contributed by atoms with Crippen molar-refractivity contribution in [3.8, 4) is 0 Å². The molecule has 0 atom stereocenters. The van der Waals surface area contributed by atoms with E-state index in [1.54, 1.807) is 7.85 Å². The van der Waals surface area contributed by atoms with Crippen LogP contribution in [0, 0.1) is 0 Å². The maximum absolute atomic E-state index is 9.96. The summed E-state index contributed by atoms with van der Waals surface area (Å²) in [7, 11) is 3.14. The van der Waals surface area contributed by atoms with Crippen molar-refractivity contribution in [3.63, 3.8) is 0 Å². The molecule has 0 aromatic carbocycles. The molecule has 0 spiro atoms.